The summed E-state index contributed by atoms with van der Waals surface area (Å²) < 4.78 is 2.29. The van der Waals surface area contributed by atoms with E-state index in [4.69, 9.17) is 0 Å². The number of nitrogens with zero attached hydrogens (tertiary/aromatic N) is 2. The Balaban J connectivity index is 1.33. The second-order valence-electron chi connectivity index (χ2n) is 9.32. The summed E-state index contributed by atoms with van der Waals surface area (Å²) in [6.07, 6.45) is 12.7. The van der Waals surface area contributed by atoms with Crippen molar-refractivity contribution in [1.29, 1.82) is 0 Å². The van der Waals surface area contributed by atoms with Gasteiger partial charge in [0.25, 0.3) is 0 Å². The molecule has 0 saturated heterocycles. The van der Waals surface area contributed by atoms with Crippen molar-refractivity contribution in [3.05, 3.63) is 42.4 Å². The van der Waals surface area contributed by atoms with E-state index in [9.17, 15) is 5.11 Å². The molecule has 4 fully saturated rings. The number of rotatable bonds is 3. The van der Waals surface area contributed by atoms with Crippen LogP contribution in [0.15, 0.2) is 36.8 Å². The second-order valence-corrected chi connectivity index (χ2v) is 9.32. The van der Waals surface area contributed by atoms with Crippen LogP contribution >= 0.6 is 0 Å². The predicted molar refractivity (Wildman–Crippen MR) is 97.0 cm³/mol. The van der Waals surface area contributed by atoms with Gasteiger partial charge in [-0.05, 0) is 73.7 Å². The van der Waals surface area contributed by atoms with Gasteiger partial charge in [-0.25, -0.2) is 4.98 Å². The van der Waals surface area contributed by atoms with Crippen molar-refractivity contribution in [2.75, 3.05) is 0 Å². The topological polar surface area (TPSA) is 38.1 Å². The van der Waals surface area contributed by atoms with Crippen LogP contribution in [0.3, 0.4) is 0 Å². The van der Waals surface area contributed by atoms with Crippen molar-refractivity contribution >= 4 is 0 Å². The van der Waals surface area contributed by atoms with E-state index in [-0.39, 0.29) is 17.6 Å². The van der Waals surface area contributed by atoms with E-state index < -0.39 is 0 Å². The van der Waals surface area contributed by atoms with Crippen LogP contribution in [0.1, 0.15) is 56.6 Å². The van der Waals surface area contributed by atoms with Crippen LogP contribution in [0.25, 0.3) is 11.3 Å². The zero-order valence-electron chi connectivity index (χ0n) is 14.6. The Kier molecular flexibility index (Phi) is 2.89. The summed E-state index contributed by atoms with van der Waals surface area (Å²) in [6, 6.07) is 8.91. The third-order valence-corrected chi connectivity index (χ3v) is 7.84. The van der Waals surface area contributed by atoms with E-state index >= 15 is 0 Å². The van der Waals surface area contributed by atoms with E-state index in [0.29, 0.717) is 0 Å². The molecule has 4 aliphatic carbocycles. The molecule has 1 aliphatic heterocycles. The van der Waals surface area contributed by atoms with Gasteiger partial charge in [0, 0.05) is 5.56 Å². The number of hydrogen-bond acceptors (Lipinski definition) is 2. The summed E-state index contributed by atoms with van der Waals surface area (Å²) in [7, 11) is 0. The molecule has 1 aromatic heterocycles. The van der Waals surface area contributed by atoms with Gasteiger partial charge < -0.3 is 9.67 Å². The minimum absolute atomic E-state index is 0.188. The summed E-state index contributed by atoms with van der Waals surface area (Å²) in [5, 5.41) is 11.4. The first-order valence-corrected chi connectivity index (χ1v) is 10.0. The van der Waals surface area contributed by atoms with Crippen LogP contribution in [0.4, 0.5) is 0 Å². The lowest BCUT2D eigenvalue weighted by Crippen LogP contribution is -2.52. The monoisotopic (exact) mass is 334 g/mol. The van der Waals surface area contributed by atoms with Crippen LogP contribution in [-0.4, -0.2) is 20.8 Å². The molecule has 2 aromatic rings. The first-order chi connectivity index (χ1) is 12.2. The number of aromatic nitrogens is 2. The van der Waals surface area contributed by atoms with E-state index in [0.717, 1.165) is 24.2 Å². The Morgan fingerprint density at radius 1 is 1.08 bits per heavy atom. The van der Waals surface area contributed by atoms with Gasteiger partial charge in [-0.2, -0.15) is 0 Å². The Morgan fingerprint density at radius 2 is 1.76 bits per heavy atom. The minimum atomic E-state index is -0.188. The van der Waals surface area contributed by atoms with E-state index in [2.05, 4.69) is 33.8 Å². The lowest BCUT2D eigenvalue weighted by atomic mass is 9.48. The fourth-order valence-electron chi connectivity index (χ4n) is 7.22. The molecule has 4 bridgehead atoms. The molecule has 2 heterocycles. The van der Waals surface area contributed by atoms with Crippen molar-refractivity contribution in [2.45, 2.75) is 57.1 Å². The third kappa shape index (κ3) is 1.99. The van der Waals surface area contributed by atoms with Gasteiger partial charge in [-0.1, -0.05) is 24.3 Å². The normalized spacial score (nSPS) is 38.6. The first kappa shape index (κ1) is 14.5. The number of aliphatic hydroxyl groups is 1. The second kappa shape index (κ2) is 4.97. The molecular formula is C22H26N2O. The fraction of sp³-hybridized carbons (Fsp3) is 0.591. The van der Waals surface area contributed by atoms with Gasteiger partial charge in [0.2, 0.25) is 0 Å². The number of imidazole rings is 1. The quantitative estimate of drug-likeness (QED) is 0.902. The summed E-state index contributed by atoms with van der Waals surface area (Å²) >= 11 is 0. The molecule has 1 aromatic carbocycles. The zero-order chi connectivity index (χ0) is 16.6. The maximum atomic E-state index is 11.4. The highest BCUT2D eigenvalue weighted by Crippen LogP contribution is 2.62. The highest BCUT2D eigenvalue weighted by Gasteiger charge is 2.54. The molecule has 3 nitrogen and oxygen atoms in total. The largest absolute Gasteiger partial charge is 0.392 e. The Labute approximate surface area is 149 Å². The van der Waals surface area contributed by atoms with Crippen molar-refractivity contribution in [3.8, 4) is 11.3 Å². The van der Waals surface area contributed by atoms with Crippen molar-refractivity contribution in [1.82, 2.24) is 9.55 Å². The van der Waals surface area contributed by atoms with Crippen LogP contribution in [0, 0.1) is 23.2 Å². The van der Waals surface area contributed by atoms with Gasteiger partial charge >= 0.3 is 0 Å². The van der Waals surface area contributed by atoms with Crippen LogP contribution in [0.2, 0.25) is 0 Å². The summed E-state index contributed by atoms with van der Waals surface area (Å²) in [5.74, 6) is 2.67. The lowest BCUT2D eigenvalue weighted by molar-refractivity contribution is -0.124. The Hall–Kier alpha value is -1.61. The van der Waals surface area contributed by atoms with Gasteiger partial charge in [-0.3, -0.25) is 0 Å². The molecule has 0 radical (unpaired) electrons. The van der Waals surface area contributed by atoms with Crippen LogP contribution in [-0.2, 0) is 0 Å². The molecule has 4 saturated carbocycles. The Bertz CT molecular complexity index is 788. The van der Waals surface area contributed by atoms with Crippen LogP contribution < -0.4 is 0 Å². The maximum absolute atomic E-state index is 11.4. The average Bonchev–Trinajstić information content (AvgIpc) is 3.17. The number of hydrogen-bond donors (Lipinski definition) is 1. The predicted octanol–water partition coefficient (Wildman–Crippen LogP) is 4.42. The SMILES string of the molecule is O[C@@H](C[C@H]1c2ccccc2-c2cncn21)C12CC3CC(CC(C3)C1)C2. The Morgan fingerprint density at radius 3 is 2.48 bits per heavy atom. The van der Waals surface area contributed by atoms with E-state index in [1.165, 1.54) is 55.3 Å². The summed E-state index contributed by atoms with van der Waals surface area (Å²) in [5.41, 5.74) is 4.07. The van der Waals surface area contributed by atoms with Gasteiger partial charge in [0.1, 0.15) is 0 Å². The molecule has 2 atom stereocenters. The molecule has 0 amide bonds. The van der Waals surface area contributed by atoms with Gasteiger partial charge in [-0.15, -0.1) is 0 Å². The van der Waals surface area contributed by atoms with E-state index in [1.54, 1.807) is 0 Å². The molecule has 25 heavy (non-hydrogen) atoms. The van der Waals surface area contributed by atoms with Crippen LogP contribution in [0.5, 0.6) is 0 Å². The van der Waals surface area contributed by atoms with Crippen molar-refractivity contribution in [2.24, 2.45) is 23.2 Å². The molecule has 0 spiro atoms. The number of benzene rings is 1. The highest BCUT2D eigenvalue weighted by atomic mass is 16.3. The molecule has 5 aliphatic rings. The van der Waals surface area contributed by atoms with Gasteiger partial charge in [0.05, 0.1) is 30.4 Å². The molecule has 130 valence electrons. The molecule has 0 unspecified atom stereocenters. The summed E-state index contributed by atoms with van der Waals surface area (Å²) in [6.45, 7) is 0. The number of aliphatic hydroxyl groups excluding tert-OH is 1. The molecular weight excluding hydrogens is 308 g/mol. The zero-order valence-corrected chi connectivity index (χ0v) is 14.6. The summed E-state index contributed by atoms with van der Waals surface area (Å²) in [4.78, 5) is 4.37. The number of fused-ring (bicyclic) bond motifs is 3. The standard InChI is InChI=1S/C22H26N2O/c25-21(22-9-14-5-15(10-22)7-16(6-14)11-22)8-19-17-3-1-2-4-18(17)20-12-23-13-24(19)20/h1-4,12-16,19,21,25H,5-11H2/t14?,15?,16?,19-,21-,22?/m0/s1. The van der Waals surface area contributed by atoms with Crippen molar-refractivity contribution in [3.63, 3.8) is 0 Å². The van der Waals surface area contributed by atoms with Crippen molar-refractivity contribution < 1.29 is 5.11 Å². The molecule has 7 rings (SSSR count). The third-order valence-electron chi connectivity index (χ3n) is 7.84. The fourth-order valence-corrected chi connectivity index (χ4v) is 7.22. The first-order valence-electron chi connectivity index (χ1n) is 10.0. The maximum Gasteiger partial charge on any atom is 0.0956 e. The average molecular weight is 334 g/mol. The molecule has 1 N–H and O–H groups in total. The van der Waals surface area contributed by atoms with Gasteiger partial charge in [0.15, 0.2) is 0 Å². The molecule has 3 heteroatoms. The smallest absolute Gasteiger partial charge is 0.0956 e. The lowest BCUT2D eigenvalue weighted by Gasteiger charge is -2.58. The van der Waals surface area contributed by atoms with E-state index in [1.807, 2.05) is 12.5 Å². The minimum Gasteiger partial charge on any atom is -0.392 e. The highest BCUT2D eigenvalue weighted by molar-refractivity contribution is 5.68.